The zero-order valence-corrected chi connectivity index (χ0v) is 10.7. The number of anilines is 1. The molecule has 4 heteroatoms. The fourth-order valence-corrected chi connectivity index (χ4v) is 2.59. The molecular weight excluding hydrogens is 238 g/mol. The molecule has 4 nitrogen and oxygen atoms in total. The molecule has 1 aromatic heterocycles. The van der Waals surface area contributed by atoms with E-state index in [4.69, 9.17) is 5.73 Å². The van der Waals surface area contributed by atoms with Crippen molar-refractivity contribution in [1.29, 1.82) is 0 Å². The summed E-state index contributed by atoms with van der Waals surface area (Å²) in [6, 6.07) is 9.59. The summed E-state index contributed by atoms with van der Waals surface area (Å²) >= 11 is 0. The van der Waals surface area contributed by atoms with Crippen LogP contribution < -0.4 is 11.1 Å². The molecule has 1 aliphatic carbocycles. The lowest BCUT2D eigenvalue weighted by molar-refractivity contribution is -0.129. The molecule has 0 unspecified atom stereocenters. The van der Waals surface area contributed by atoms with Crippen LogP contribution in [-0.2, 0) is 4.79 Å². The van der Waals surface area contributed by atoms with Gasteiger partial charge in [-0.15, -0.1) is 0 Å². The van der Waals surface area contributed by atoms with E-state index < -0.39 is 0 Å². The van der Waals surface area contributed by atoms with Gasteiger partial charge in [-0.2, -0.15) is 0 Å². The normalized spacial score (nSPS) is 16.9. The smallest absolute Gasteiger partial charge is 0.231 e. The van der Waals surface area contributed by atoms with Crippen LogP contribution in [0.2, 0.25) is 0 Å². The van der Waals surface area contributed by atoms with Crippen LogP contribution in [0.4, 0.5) is 5.69 Å². The van der Waals surface area contributed by atoms with Gasteiger partial charge in [-0.25, -0.2) is 0 Å². The average molecular weight is 255 g/mol. The van der Waals surface area contributed by atoms with Gasteiger partial charge < -0.3 is 11.1 Å². The Kier molecular flexibility index (Phi) is 2.95. The summed E-state index contributed by atoms with van der Waals surface area (Å²) in [6.45, 7) is 0.419. The summed E-state index contributed by atoms with van der Waals surface area (Å²) in [5.74, 6) is 0.0394. The first-order valence-corrected chi connectivity index (χ1v) is 6.60. The van der Waals surface area contributed by atoms with E-state index in [1.54, 1.807) is 6.20 Å². The molecule has 0 bridgehead atoms. The van der Waals surface area contributed by atoms with Gasteiger partial charge in [0.05, 0.1) is 16.6 Å². The summed E-state index contributed by atoms with van der Waals surface area (Å²) in [6.07, 6.45) is 4.61. The Labute approximate surface area is 112 Å². The fraction of sp³-hybridized carbons (Fsp3) is 0.333. The van der Waals surface area contributed by atoms with Crippen LogP contribution in [0.5, 0.6) is 0 Å². The zero-order valence-electron chi connectivity index (χ0n) is 10.7. The minimum atomic E-state index is -0.357. The van der Waals surface area contributed by atoms with Crippen molar-refractivity contribution in [3.8, 4) is 0 Å². The lowest BCUT2D eigenvalue weighted by atomic mass is 9.68. The second-order valence-corrected chi connectivity index (χ2v) is 5.17. The number of rotatable bonds is 3. The highest BCUT2D eigenvalue weighted by atomic mass is 16.2. The molecule has 1 aromatic carbocycles. The SMILES string of the molecule is NCC1(C(=O)Nc2cccc3ncccc23)CCC1. The lowest BCUT2D eigenvalue weighted by Gasteiger charge is -2.39. The number of aromatic nitrogens is 1. The third-order valence-corrected chi connectivity index (χ3v) is 4.08. The highest BCUT2D eigenvalue weighted by molar-refractivity contribution is 6.03. The van der Waals surface area contributed by atoms with Crippen molar-refractivity contribution in [2.24, 2.45) is 11.1 Å². The maximum Gasteiger partial charge on any atom is 0.231 e. The number of nitrogens with two attached hydrogens (primary N) is 1. The quantitative estimate of drug-likeness (QED) is 0.884. The van der Waals surface area contributed by atoms with E-state index in [0.717, 1.165) is 35.9 Å². The summed E-state index contributed by atoms with van der Waals surface area (Å²) < 4.78 is 0. The van der Waals surface area contributed by atoms with Crippen LogP contribution in [0.25, 0.3) is 10.9 Å². The predicted octanol–water partition coefficient (Wildman–Crippen LogP) is 2.30. The summed E-state index contributed by atoms with van der Waals surface area (Å²) in [4.78, 5) is 16.7. The van der Waals surface area contributed by atoms with E-state index in [-0.39, 0.29) is 11.3 Å². The molecule has 0 spiro atoms. The number of benzene rings is 1. The highest BCUT2D eigenvalue weighted by Gasteiger charge is 2.42. The van der Waals surface area contributed by atoms with E-state index >= 15 is 0 Å². The second-order valence-electron chi connectivity index (χ2n) is 5.17. The molecule has 1 fully saturated rings. The van der Waals surface area contributed by atoms with Crippen molar-refractivity contribution >= 4 is 22.5 Å². The van der Waals surface area contributed by atoms with E-state index in [1.165, 1.54) is 0 Å². The molecule has 1 saturated carbocycles. The molecule has 98 valence electrons. The van der Waals surface area contributed by atoms with Crippen LogP contribution >= 0.6 is 0 Å². The van der Waals surface area contributed by atoms with Gasteiger partial charge in [0.1, 0.15) is 0 Å². The number of fused-ring (bicyclic) bond motifs is 1. The number of nitrogens with zero attached hydrogens (tertiary/aromatic N) is 1. The van der Waals surface area contributed by atoms with E-state index in [9.17, 15) is 4.79 Å². The summed E-state index contributed by atoms with van der Waals surface area (Å²) in [7, 11) is 0. The number of carbonyl (C=O) groups excluding carboxylic acids is 1. The van der Waals surface area contributed by atoms with Gasteiger partial charge in [-0.3, -0.25) is 9.78 Å². The van der Waals surface area contributed by atoms with E-state index in [0.29, 0.717) is 6.54 Å². The number of pyridine rings is 1. The Bertz CT molecular complexity index is 609. The van der Waals surface area contributed by atoms with Gasteiger partial charge in [0.15, 0.2) is 0 Å². The van der Waals surface area contributed by atoms with Crippen molar-refractivity contribution in [1.82, 2.24) is 4.98 Å². The van der Waals surface area contributed by atoms with Gasteiger partial charge in [-0.1, -0.05) is 12.5 Å². The number of amides is 1. The van der Waals surface area contributed by atoms with Crippen molar-refractivity contribution in [3.63, 3.8) is 0 Å². The first kappa shape index (κ1) is 12.1. The minimum absolute atomic E-state index is 0.0394. The van der Waals surface area contributed by atoms with Crippen molar-refractivity contribution in [2.75, 3.05) is 11.9 Å². The standard InChI is InChI=1S/C15H17N3O/c16-10-15(7-3-8-15)14(19)18-13-6-1-5-12-11(13)4-2-9-17-12/h1-2,4-6,9H,3,7-8,10,16H2,(H,18,19). The largest absolute Gasteiger partial charge is 0.329 e. The third kappa shape index (κ3) is 1.98. The highest BCUT2D eigenvalue weighted by Crippen LogP contribution is 2.41. The number of nitrogens with one attached hydrogen (secondary N) is 1. The van der Waals surface area contributed by atoms with Crippen LogP contribution in [0.15, 0.2) is 36.5 Å². The summed E-state index contributed by atoms with van der Waals surface area (Å²) in [5, 5.41) is 3.98. The number of hydrogen-bond donors (Lipinski definition) is 2. The van der Waals surface area contributed by atoms with Crippen LogP contribution in [-0.4, -0.2) is 17.4 Å². The van der Waals surface area contributed by atoms with Crippen molar-refractivity contribution in [3.05, 3.63) is 36.5 Å². The minimum Gasteiger partial charge on any atom is -0.329 e. The molecule has 3 rings (SSSR count). The van der Waals surface area contributed by atoms with E-state index in [1.807, 2.05) is 30.3 Å². The molecule has 0 atom stereocenters. The molecule has 1 amide bonds. The molecule has 0 aliphatic heterocycles. The van der Waals surface area contributed by atoms with Gasteiger partial charge in [-0.05, 0) is 37.1 Å². The predicted molar refractivity (Wildman–Crippen MR) is 75.7 cm³/mol. The van der Waals surface area contributed by atoms with Crippen molar-refractivity contribution < 1.29 is 4.79 Å². The molecule has 19 heavy (non-hydrogen) atoms. The van der Waals surface area contributed by atoms with Gasteiger partial charge >= 0.3 is 0 Å². The maximum atomic E-state index is 12.4. The summed E-state index contributed by atoms with van der Waals surface area (Å²) in [5.41, 5.74) is 7.11. The molecule has 1 heterocycles. The van der Waals surface area contributed by atoms with Crippen LogP contribution in [0, 0.1) is 5.41 Å². The average Bonchev–Trinajstić information content (AvgIpc) is 2.38. The lowest BCUT2D eigenvalue weighted by Crippen LogP contribution is -2.47. The Morgan fingerprint density at radius 2 is 2.16 bits per heavy atom. The third-order valence-electron chi connectivity index (χ3n) is 4.08. The van der Waals surface area contributed by atoms with Crippen LogP contribution in [0.1, 0.15) is 19.3 Å². The van der Waals surface area contributed by atoms with Gasteiger partial charge in [0.25, 0.3) is 0 Å². The Balaban J connectivity index is 1.91. The van der Waals surface area contributed by atoms with Gasteiger partial charge in [0.2, 0.25) is 5.91 Å². The molecule has 3 N–H and O–H groups in total. The molecule has 2 aromatic rings. The van der Waals surface area contributed by atoms with Crippen molar-refractivity contribution in [2.45, 2.75) is 19.3 Å². The van der Waals surface area contributed by atoms with Gasteiger partial charge in [0, 0.05) is 18.1 Å². The first-order valence-electron chi connectivity index (χ1n) is 6.60. The molecule has 0 saturated heterocycles. The molecule has 1 aliphatic rings. The number of carbonyl (C=O) groups is 1. The zero-order chi connectivity index (χ0) is 13.3. The topological polar surface area (TPSA) is 68.0 Å². The monoisotopic (exact) mass is 255 g/mol. The van der Waals surface area contributed by atoms with Crippen LogP contribution in [0.3, 0.4) is 0 Å². The number of hydrogen-bond acceptors (Lipinski definition) is 3. The maximum absolute atomic E-state index is 12.4. The Morgan fingerprint density at radius 1 is 1.32 bits per heavy atom. The second kappa shape index (κ2) is 4.63. The molecule has 0 radical (unpaired) electrons. The Hall–Kier alpha value is -1.94. The van der Waals surface area contributed by atoms with E-state index in [2.05, 4.69) is 10.3 Å². The Morgan fingerprint density at radius 3 is 2.84 bits per heavy atom. The molecular formula is C15H17N3O. The first-order chi connectivity index (χ1) is 9.25. The fourth-order valence-electron chi connectivity index (χ4n) is 2.59.